The van der Waals surface area contributed by atoms with Crippen LogP contribution in [0.25, 0.3) is 0 Å². The third-order valence-electron chi connectivity index (χ3n) is 2.52. The average molecular weight is 229 g/mol. The predicted molar refractivity (Wildman–Crippen MR) is 59.0 cm³/mol. The minimum absolute atomic E-state index is 0.0935. The Bertz CT molecular complexity index is 311. The second kappa shape index (κ2) is 6.55. The van der Waals surface area contributed by atoms with Crippen LogP contribution in [0.3, 0.4) is 0 Å². The third kappa shape index (κ3) is 3.54. The molecule has 0 heterocycles. The van der Waals surface area contributed by atoms with E-state index in [1.807, 2.05) is 11.8 Å². The molecular formula is C12H17F2NO. The highest BCUT2D eigenvalue weighted by Crippen LogP contribution is 2.14. The zero-order valence-electron chi connectivity index (χ0n) is 9.42. The first-order chi connectivity index (χ1) is 7.69. The van der Waals surface area contributed by atoms with Gasteiger partial charge in [0.1, 0.15) is 11.6 Å². The first-order valence-electron chi connectivity index (χ1n) is 5.45. The van der Waals surface area contributed by atoms with Gasteiger partial charge in [-0.15, -0.1) is 0 Å². The average Bonchev–Trinajstić information content (AvgIpc) is 2.28. The van der Waals surface area contributed by atoms with Crippen LogP contribution in [0.5, 0.6) is 0 Å². The minimum Gasteiger partial charge on any atom is -0.396 e. The monoisotopic (exact) mass is 229 g/mol. The van der Waals surface area contributed by atoms with Crippen LogP contribution in [0.15, 0.2) is 18.2 Å². The van der Waals surface area contributed by atoms with Gasteiger partial charge in [-0.25, -0.2) is 8.78 Å². The van der Waals surface area contributed by atoms with Crippen LogP contribution in [0.2, 0.25) is 0 Å². The highest BCUT2D eigenvalue weighted by atomic mass is 19.1. The largest absolute Gasteiger partial charge is 0.396 e. The van der Waals surface area contributed by atoms with Gasteiger partial charge in [0.05, 0.1) is 0 Å². The van der Waals surface area contributed by atoms with Gasteiger partial charge in [0, 0.05) is 25.3 Å². The maximum atomic E-state index is 13.4. The quantitative estimate of drug-likeness (QED) is 0.808. The summed E-state index contributed by atoms with van der Waals surface area (Å²) in [6, 6.07) is 3.88. The van der Waals surface area contributed by atoms with Gasteiger partial charge in [0.2, 0.25) is 0 Å². The summed E-state index contributed by atoms with van der Waals surface area (Å²) in [7, 11) is 0. The van der Waals surface area contributed by atoms with Crippen LogP contribution in [-0.4, -0.2) is 29.7 Å². The zero-order valence-corrected chi connectivity index (χ0v) is 9.42. The molecule has 4 heteroatoms. The van der Waals surface area contributed by atoms with Crippen molar-refractivity contribution in [2.45, 2.75) is 19.9 Å². The first-order valence-corrected chi connectivity index (χ1v) is 5.45. The van der Waals surface area contributed by atoms with E-state index in [4.69, 9.17) is 5.11 Å². The molecule has 0 amide bonds. The molecule has 0 aliphatic rings. The third-order valence-corrected chi connectivity index (χ3v) is 2.52. The second-order valence-electron chi connectivity index (χ2n) is 3.65. The first kappa shape index (κ1) is 13.1. The Hall–Kier alpha value is -1.00. The topological polar surface area (TPSA) is 23.5 Å². The molecule has 0 unspecified atom stereocenters. The van der Waals surface area contributed by atoms with E-state index in [9.17, 15) is 8.78 Å². The summed E-state index contributed by atoms with van der Waals surface area (Å²) >= 11 is 0. The minimum atomic E-state index is -0.512. The van der Waals surface area contributed by atoms with Gasteiger partial charge in [-0.05, 0) is 25.1 Å². The van der Waals surface area contributed by atoms with Crippen molar-refractivity contribution in [2.24, 2.45) is 0 Å². The Kier molecular flexibility index (Phi) is 5.35. The molecular weight excluding hydrogens is 212 g/mol. The van der Waals surface area contributed by atoms with Crippen molar-refractivity contribution in [2.75, 3.05) is 19.7 Å². The van der Waals surface area contributed by atoms with Crippen LogP contribution in [0, 0.1) is 11.6 Å². The lowest BCUT2D eigenvalue weighted by atomic mass is 10.2. The molecule has 16 heavy (non-hydrogen) atoms. The Morgan fingerprint density at radius 1 is 1.25 bits per heavy atom. The standard InChI is InChI=1S/C12H17F2NO/c1-2-15(7-4-8-16)9-10-11(13)5-3-6-12(10)14/h3,5-6,16H,2,4,7-9H2,1H3. The summed E-state index contributed by atoms with van der Waals surface area (Å²) in [5, 5.41) is 8.71. The number of rotatable bonds is 6. The molecule has 0 saturated heterocycles. The van der Waals surface area contributed by atoms with E-state index in [0.717, 1.165) is 0 Å². The van der Waals surface area contributed by atoms with Gasteiger partial charge in [-0.2, -0.15) is 0 Å². The molecule has 0 spiro atoms. The Labute approximate surface area is 94.5 Å². The molecule has 0 aliphatic heterocycles. The molecule has 0 saturated carbocycles. The van der Waals surface area contributed by atoms with Crippen LogP contribution < -0.4 is 0 Å². The number of aliphatic hydroxyl groups excluding tert-OH is 1. The lowest BCUT2D eigenvalue weighted by molar-refractivity contribution is 0.222. The van der Waals surface area contributed by atoms with Crippen molar-refractivity contribution in [1.29, 1.82) is 0 Å². The van der Waals surface area contributed by atoms with Crippen molar-refractivity contribution in [3.8, 4) is 0 Å². The summed E-state index contributed by atoms with van der Waals surface area (Å²) in [5.74, 6) is -1.02. The van der Waals surface area contributed by atoms with E-state index in [0.29, 0.717) is 19.5 Å². The Balaban J connectivity index is 2.69. The zero-order chi connectivity index (χ0) is 12.0. The van der Waals surface area contributed by atoms with Crippen LogP contribution in [0.4, 0.5) is 8.78 Å². The van der Waals surface area contributed by atoms with Gasteiger partial charge in [0.25, 0.3) is 0 Å². The van der Waals surface area contributed by atoms with Gasteiger partial charge < -0.3 is 5.11 Å². The lowest BCUT2D eigenvalue weighted by Gasteiger charge is -2.20. The van der Waals surface area contributed by atoms with Crippen molar-refractivity contribution in [3.63, 3.8) is 0 Å². The van der Waals surface area contributed by atoms with Gasteiger partial charge in [0.15, 0.2) is 0 Å². The highest BCUT2D eigenvalue weighted by Gasteiger charge is 2.11. The summed E-state index contributed by atoms with van der Waals surface area (Å²) in [6.07, 6.45) is 0.615. The molecule has 1 N–H and O–H groups in total. The molecule has 0 aliphatic carbocycles. The molecule has 0 bridgehead atoms. The fourth-order valence-corrected chi connectivity index (χ4v) is 1.55. The molecule has 1 aromatic carbocycles. The number of halogens is 2. The number of nitrogens with zero attached hydrogens (tertiary/aromatic N) is 1. The molecule has 0 aromatic heterocycles. The molecule has 2 nitrogen and oxygen atoms in total. The molecule has 90 valence electrons. The number of benzene rings is 1. The van der Waals surface area contributed by atoms with Crippen LogP contribution >= 0.6 is 0 Å². The number of aliphatic hydroxyl groups is 1. The van der Waals surface area contributed by atoms with Gasteiger partial charge >= 0.3 is 0 Å². The molecule has 0 fully saturated rings. The van der Waals surface area contributed by atoms with Gasteiger partial charge in [-0.3, -0.25) is 4.90 Å². The van der Waals surface area contributed by atoms with E-state index in [1.54, 1.807) is 0 Å². The van der Waals surface area contributed by atoms with Crippen LogP contribution in [0.1, 0.15) is 18.9 Å². The van der Waals surface area contributed by atoms with Crippen molar-refractivity contribution in [1.82, 2.24) is 4.90 Å². The van der Waals surface area contributed by atoms with E-state index in [-0.39, 0.29) is 18.7 Å². The second-order valence-corrected chi connectivity index (χ2v) is 3.65. The molecule has 1 aromatic rings. The molecule has 0 atom stereocenters. The van der Waals surface area contributed by atoms with Gasteiger partial charge in [-0.1, -0.05) is 13.0 Å². The maximum absolute atomic E-state index is 13.4. The smallest absolute Gasteiger partial charge is 0.130 e. The van der Waals surface area contributed by atoms with E-state index < -0.39 is 11.6 Å². The van der Waals surface area contributed by atoms with E-state index in [1.165, 1.54) is 18.2 Å². The van der Waals surface area contributed by atoms with Crippen LogP contribution in [-0.2, 0) is 6.54 Å². The fourth-order valence-electron chi connectivity index (χ4n) is 1.55. The molecule has 0 radical (unpaired) electrons. The lowest BCUT2D eigenvalue weighted by Crippen LogP contribution is -2.25. The molecule has 1 rings (SSSR count). The van der Waals surface area contributed by atoms with Crippen molar-refractivity contribution in [3.05, 3.63) is 35.4 Å². The predicted octanol–water partition coefficient (Wildman–Crippen LogP) is 2.17. The summed E-state index contributed by atoms with van der Waals surface area (Å²) in [4.78, 5) is 1.90. The normalized spacial score (nSPS) is 11.1. The summed E-state index contributed by atoms with van der Waals surface area (Å²) in [6.45, 7) is 3.61. The number of hydrogen-bond acceptors (Lipinski definition) is 2. The van der Waals surface area contributed by atoms with Crippen molar-refractivity contribution >= 4 is 0 Å². The number of hydrogen-bond donors (Lipinski definition) is 1. The Morgan fingerprint density at radius 3 is 2.38 bits per heavy atom. The Morgan fingerprint density at radius 2 is 1.88 bits per heavy atom. The van der Waals surface area contributed by atoms with E-state index in [2.05, 4.69) is 0 Å². The SMILES string of the molecule is CCN(CCCO)Cc1c(F)cccc1F. The fraction of sp³-hybridized carbons (Fsp3) is 0.500. The maximum Gasteiger partial charge on any atom is 0.130 e. The van der Waals surface area contributed by atoms with E-state index >= 15 is 0 Å². The summed E-state index contributed by atoms with van der Waals surface area (Å²) < 4.78 is 26.7. The van der Waals surface area contributed by atoms with Crippen molar-refractivity contribution < 1.29 is 13.9 Å². The highest BCUT2D eigenvalue weighted by molar-refractivity contribution is 5.19. The summed E-state index contributed by atoms with van der Waals surface area (Å²) in [5.41, 5.74) is 0.0993.